The molecule has 0 aliphatic carbocycles. The Balaban J connectivity index is 2.13. The van der Waals surface area contributed by atoms with Crippen molar-refractivity contribution in [1.82, 2.24) is 0 Å². The van der Waals surface area contributed by atoms with Gasteiger partial charge in [0.2, 0.25) is 0 Å². The minimum absolute atomic E-state index is 0.178. The summed E-state index contributed by atoms with van der Waals surface area (Å²) in [7, 11) is 0. The SMILES string of the molecule is C[C@H]1CO[C@H](c2ccc(Br)cc2)O1. The van der Waals surface area contributed by atoms with Gasteiger partial charge in [0.15, 0.2) is 6.29 Å². The van der Waals surface area contributed by atoms with Gasteiger partial charge >= 0.3 is 0 Å². The predicted molar refractivity (Wildman–Crippen MR) is 53.4 cm³/mol. The van der Waals surface area contributed by atoms with Crippen LogP contribution in [0.15, 0.2) is 28.7 Å². The normalized spacial score (nSPS) is 27.8. The highest BCUT2D eigenvalue weighted by atomic mass is 79.9. The van der Waals surface area contributed by atoms with E-state index in [1.807, 2.05) is 31.2 Å². The Morgan fingerprint density at radius 3 is 2.54 bits per heavy atom. The third-order valence-corrected chi connectivity index (χ3v) is 2.51. The molecule has 1 aromatic carbocycles. The lowest BCUT2D eigenvalue weighted by molar-refractivity contribution is -0.0572. The van der Waals surface area contributed by atoms with Crippen LogP contribution in [0.25, 0.3) is 0 Å². The Kier molecular flexibility index (Phi) is 2.67. The van der Waals surface area contributed by atoms with E-state index in [0.717, 1.165) is 10.0 Å². The quantitative estimate of drug-likeness (QED) is 0.755. The molecular weight excluding hydrogens is 232 g/mol. The minimum atomic E-state index is -0.178. The van der Waals surface area contributed by atoms with E-state index in [-0.39, 0.29) is 12.4 Å². The fraction of sp³-hybridized carbons (Fsp3) is 0.400. The molecule has 1 aromatic rings. The summed E-state index contributed by atoms with van der Waals surface area (Å²) >= 11 is 3.38. The first kappa shape index (κ1) is 9.19. The summed E-state index contributed by atoms with van der Waals surface area (Å²) < 4.78 is 12.1. The molecule has 1 aliphatic rings. The summed E-state index contributed by atoms with van der Waals surface area (Å²) in [6.07, 6.45) is 0.0248. The van der Waals surface area contributed by atoms with Crippen LogP contribution in [0.4, 0.5) is 0 Å². The molecular formula is C10H11BrO2. The van der Waals surface area contributed by atoms with Gasteiger partial charge in [0, 0.05) is 10.0 Å². The van der Waals surface area contributed by atoms with Gasteiger partial charge in [-0.2, -0.15) is 0 Å². The lowest BCUT2D eigenvalue weighted by Gasteiger charge is -2.09. The molecule has 2 atom stereocenters. The average Bonchev–Trinajstić information content (AvgIpc) is 2.53. The number of benzene rings is 1. The summed E-state index contributed by atoms with van der Waals surface area (Å²) in [6.45, 7) is 2.69. The van der Waals surface area contributed by atoms with Gasteiger partial charge in [0.25, 0.3) is 0 Å². The van der Waals surface area contributed by atoms with Gasteiger partial charge < -0.3 is 9.47 Å². The zero-order valence-corrected chi connectivity index (χ0v) is 8.95. The summed E-state index contributed by atoms with van der Waals surface area (Å²) in [5.74, 6) is 0. The summed E-state index contributed by atoms with van der Waals surface area (Å²) in [4.78, 5) is 0. The van der Waals surface area contributed by atoms with Crippen LogP contribution in [-0.4, -0.2) is 12.7 Å². The fourth-order valence-corrected chi connectivity index (χ4v) is 1.57. The molecule has 0 amide bonds. The van der Waals surface area contributed by atoms with Crippen molar-refractivity contribution in [2.45, 2.75) is 19.3 Å². The Morgan fingerprint density at radius 1 is 1.31 bits per heavy atom. The van der Waals surface area contributed by atoms with Crippen LogP contribution in [0.2, 0.25) is 0 Å². The van der Waals surface area contributed by atoms with Crippen molar-refractivity contribution in [3.63, 3.8) is 0 Å². The number of ether oxygens (including phenoxy) is 2. The van der Waals surface area contributed by atoms with E-state index >= 15 is 0 Å². The average molecular weight is 243 g/mol. The third-order valence-electron chi connectivity index (χ3n) is 1.98. The van der Waals surface area contributed by atoms with E-state index in [4.69, 9.17) is 9.47 Å². The van der Waals surface area contributed by atoms with E-state index in [1.54, 1.807) is 0 Å². The van der Waals surface area contributed by atoms with Crippen molar-refractivity contribution in [3.8, 4) is 0 Å². The monoisotopic (exact) mass is 242 g/mol. The molecule has 1 aliphatic heterocycles. The first-order chi connectivity index (χ1) is 6.25. The molecule has 13 heavy (non-hydrogen) atoms. The van der Waals surface area contributed by atoms with E-state index in [9.17, 15) is 0 Å². The van der Waals surface area contributed by atoms with E-state index in [0.29, 0.717) is 6.61 Å². The van der Waals surface area contributed by atoms with E-state index < -0.39 is 0 Å². The summed E-state index contributed by atoms with van der Waals surface area (Å²) in [5.41, 5.74) is 1.08. The largest absolute Gasteiger partial charge is 0.346 e. The smallest absolute Gasteiger partial charge is 0.184 e. The molecule has 3 heteroatoms. The Labute approximate surface area is 86.0 Å². The van der Waals surface area contributed by atoms with Crippen LogP contribution < -0.4 is 0 Å². The van der Waals surface area contributed by atoms with Gasteiger partial charge in [-0.15, -0.1) is 0 Å². The van der Waals surface area contributed by atoms with Crippen LogP contribution in [0.5, 0.6) is 0 Å². The highest BCUT2D eigenvalue weighted by molar-refractivity contribution is 9.10. The van der Waals surface area contributed by atoms with Crippen LogP contribution in [0.3, 0.4) is 0 Å². The van der Waals surface area contributed by atoms with Gasteiger partial charge in [0.05, 0.1) is 12.7 Å². The molecule has 1 fully saturated rings. The second kappa shape index (κ2) is 3.78. The fourth-order valence-electron chi connectivity index (χ4n) is 1.31. The van der Waals surface area contributed by atoms with Crippen LogP contribution in [-0.2, 0) is 9.47 Å². The Bertz CT molecular complexity index is 283. The van der Waals surface area contributed by atoms with Crippen molar-refractivity contribution in [1.29, 1.82) is 0 Å². The highest BCUT2D eigenvalue weighted by Crippen LogP contribution is 2.27. The maximum atomic E-state index is 5.55. The van der Waals surface area contributed by atoms with Crippen molar-refractivity contribution in [2.24, 2.45) is 0 Å². The lowest BCUT2D eigenvalue weighted by Crippen LogP contribution is -2.02. The van der Waals surface area contributed by atoms with Gasteiger partial charge in [0.1, 0.15) is 0 Å². The first-order valence-corrected chi connectivity index (χ1v) is 5.07. The number of halogens is 1. The minimum Gasteiger partial charge on any atom is -0.346 e. The number of hydrogen-bond donors (Lipinski definition) is 0. The maximum Gasteiger partial charge on any atom is 0.184 e. The van der Waals surface area contributed by atoms with Gasteiger partial charge in [-0.3, -0.25) is 0 Å². The molecule has 0 N–H and O–H groups in total. The molecule has 1 heterocycles. The number of hydrogen-bond acceptors (Lipinski definition) is 2. The molecule has 0 saturated carbocycles. The third kappa shape index (κ3) is 2.10. The summed E-state index contributed by atoms with van der Waals surface area (Å²) in [5, 5.41) is 0. The van der Waals surface area contributed by atoms with Crippen LogP contribution >= 0.6 is 15.9 Å². The van der Waals surface area contributed by atoms with Crippen molar-refractivity contribution in [3.05, 3.63) is 34.3 Å². The van der Waals surface area contributed by atoms with E-state index in [2.05, 4.69) is 15.9 Å². The van der Waals surface area contributed by atoms with Crippen LogP contribution in [0.1, 0.15) is 18.8 Å². The molecule has 2 nitrogen and oxygen atoms in total. The first-order valence-electron chi connectivity index (χ1n) is 4.28. The second-order valence-corrected chi connectivity index (χ2v) is 4.08. The van der Waals surface area contributed by atoms with Crippen molar-refractivity contribution < 1.29 is 9.47 Å². The molecule has 2 rings (SSSR count). The molecule has 1 saturated heterocycles. The van der Waals surface area contributed by atoms with Crippen molar-refractivity contribution in [2.75, 3.05) is 6.61 Å². The van der Waals surface area contributed by atoms with Gasteiger partial charge in [-0.05, 0) is 19.1 Å². The Morgan fingerprint density at radius 2 is 2.00 bits per heavy atom. The van der Waals surface area contributed by atoms with Crippen LogP contribution in [0, 0.1) is 0 Å². The molecule has 0 bridgehead atoms. The van der Waals surface area contributed by atoms with E-state index in [1.165, 1.54) is 0 Å². The zero-order valence-electron chi connectivity index (χ0n) is 7.37. The molecule has 0 spiro atoms. The molecule has 0 aromatic heterocycles. The Hall–Kier alpha value is -0.380. The molecule has 0 radical (unpaired) electrons. The predicted octanol–water partition coefficient (Wildman–Crippen LogP) is 2.88. The standard InChI is InChI=1S/C10H11BrO2/c1-7-6-12-10(13-7)8-2-4-9(11)5-3-8/h2-5,7,10H,6H2,1H3/t7-,10-/m0/s1. The zero-order chi connectivity index (χ0) is 9.26. The topological polar surface area (TPSA) is 18.5 Å². The highest BCUT2D eigenvalue weighted by Gasteiger charge is 2.23. The molecule has 0 unspecified atom stereocenters. The maximum absolute atomic E-state index is 5.55. The molecule has 70 valence electrons. The summed E-state index contributed by atoms with van der Waals surface area (Å²) in [6, 6.07) is 8.00. The van der Waals surface area contributed by atoms with Crippen molar-refractivity contribution >= 4 is 15.9 Å². The van der Waals surface area contributed by atoms with Gasteiger partial charge in [-0.25, -0.2) is 0 Å². The number of rotatable bonds is 1. The lowest BCUT2D eigenvalue weighted by atomic mass is 10.2. The van der Waals surface area contributed by atoms with Gasteiger partial charge in [-0.1, -0.05) is 28.1 Å². The second-order valence-electron chi connectivity index (χ2n) is 3.16.